The molecule has 0 unspecified atom stereocenters. The summed E-state index contributed by atoms with van der Waals surface area (Å²) in [6, 6.07) is 5.38. The van der Waals surface area contributed by atoms with Gasteiger partial charge < -0.3 is 5.11 Å². The van der Waals surface area contributed by atoms with Crippen LogP contribution in [0.3, 0.4) is 0 Å². The van der Waals surface area contributed by atoms with Crippen LogP contribution in [-0.2, 0) is 10.2 Å². The Morgan fingerprint density at radius 2 is 2.10 bits per heavy atom. The number of aliphatic hydroxyl groups excluding tert-OH is 1. The van der Waals surface area contributed by atoms with Crippen LogP contribution in [0, 0.1) is 18.8 Å². The van der Waals surface area contributed by atoms with Gasteiger partial charge in [-0.2, -0.15) is 13.1 Å². The lowest BCUT2D eigenvalue weighted by Crippen LogP contribution is -2.31. The quantitative estimate of drug-likeness (QED) is 0.713. The van der Waals surface area contributed by atoms with E-state index >= 15 is 0 Å². The summed E-state index contributed by atoms with van der Waals surface area (Å²) >= 11 is 0. The fourth-order valence-corrected chi connectivity index (χ4v) is 2.90. The molecule has 2 rings (SSSR count). The standard InChI is InChI=1S/C14H18N2O3S/c1-11-8-12(4-2-3-7-17)10-14(9-11)16-20(18,19)15-13-5-6-13/h8-10,13,15-17H,3,5-7H2,1H3. The van der Waals surface area contributed by atoms with Crippen molar-refractivity contribution in [3.8, 4) is 11.8 Å². The number of hydrogen-bond acceptors (Lipinski definition) is 3. The molecule has 6 heteroatoms. The summed E-state index contributed by atoms with van der Waals surface area (Å²) in [5.41, 5.74) is 2.14. The summed E-state index contributed by atoms with van der Waals surface area (Å²) < 4.78 is 28.8. The summed E-state index contributed by atoms with van der Waals surface area (Å²) in [5.74, 6) is 5.72. The van der Waals surface area contributed by atoms with Gasteiger partial charge in [-0.05, 0) is 43.5 Å². The Bertz CT molecular complexity index is 640. The van der Waals surface area contributed by atoms with E-state index in [1.807, 2.05) is 13.0 Å². The molecule has 1 aromatic carbocycles. The molecule has 1 aromatic rings. The maximum atomic E-state index is 11.8. The van der Waals surface area contributed by atoms with Gasteiger partial charge in [0, 0.05) is 18.0 Å². The molecular weight excluding hydrogens is 276 g/mol. The second kappa shape index (κ2) is 6.27. The molecule has 0 spiro atoms. The first-order chi connectivity index (χ1) is 9.48. The zero-order chi connectivity index (χ0) is 14.6. The summed E-state index contributed by atoms with van der Waals surface area (Å²) in [6.45, 7) is 1.90. The average molecular weight is 294 g/mol. The third-order valence-electron chi connectivity index (χ3n) is 2.70. The minimum Gasteiger partial charge on any atom is -0.395 e. The Morgan fingerprint density at radius 3 is 2.75 bits per heavy atom. The van der Waals surface area contributed by atoms with Crippen molar-refractivity contribution in [2.45, 2.75) is 32.2 Å². The fourth-order valence-electron chi connectivity index (χ4n) is 1.74. The van der Waals surface area contributed by atoms with Crippen molar-refractivity contribution < 1.29 is 13.5 Å². The van der Waals surface area contributed by atoms with E-state index in [0.29, 0.717) is 12.1 Å². The number of benzene rings is 1. The van der Waals surface area contributed by atoms with E-state index in [9.17, 15) is 8.42 Å². The highest BCUT2D eigenvalue weighted by atomic mass is 32.2. The Balaban J connectivity index is 2.13. The van der Waals surface area contributed by atoms with E-state index in [2.05, 4.69) is 21.3 Å². The monoisotopic (exact) mass is 294 g/mol. The van der Waals surface area contributed by atoms with Gasteiger partial charge in [0.25, 0.3) is 10.2 Å². The van der Waals surface area contributed by atoms with E-state index in [1.165, 1.54) is 0 Å². The van der Waals surface area contributed by atoms with Crippen molar-refractivity contribution in [3.05, 3.63) is 29.3 Å². The van der Waals surface area contributed by atoms with Crippen molar-refractivity contribution >= 4 is 15.9 Å². The van der Waals surface area contributed by atoms with Crippen LogP contribution in [0.25, 0.3) is 0 Å². The normalized spacial score (nSPS) is 14.5. The van der Waals surface area contributed by atoms with Crippen LogP contribution in [0.15, 0.2) is 18.2 Å². The second-order valence-electron chi connectivity index (χ2n) is 4.86. The Hall–Kier alpha value is -1.55. The zero-order valence-electron chi connectivity index (χ0n) is 11.3. The number of hydrogen-bond donors (Lipinski definition) is 3. The van der Waals surface area contributed by atoms with Crippen LogP contribution in [0.4, 0.5) is 5.69 Å². The van der Waals surface area contributed by atoms with Gasteiger partial charge in [-0.3, -0.25) is 4.72 Å². The third kappa shape index (κ3) is 4.85. The average Bonchev–Trinajstić information content (AvgIpc) is 3.11. The lowest BCUT2D eigenvalue weighted by atomic mass is 10.1. The molecule has 0 bridgehead atoms. The van der Waals surface area contributed by atoms with Gasteiger partial charge in [0.15, 0.2) is 0 Å². The fraction of sp³-hybridized carbons (Fsp3) is 0.429. The Kier molecular flexibility index (Phi) is 4.65. The molecule has 108 valence electrons. The predicted molar refractivity (Wildman–Crippen MR) is 78.5 cm³/mol. The molecule has 0 atom stereocenters. The molecule has 1 saturated carbocycles. The minimum absolute atomic E-state index is 0.0175. The molecule has 0 aromatic heterocycles. The van der Waals surface area contributed by atoms with Crippen LogP contribution in [0.1, 0.15) is 30.4 Å². The minimum atomic E-state index is -3.52. The number of aryl methyl sites for hydroxylation is 1. The molecule has 5 nitrogen and oxygen atoms in total. The molecule has 1 aliphatic rings. The molecule has 20 heavy (non-hydrogen) atoms. The van der Waals surface area contributed by atoms with Crippen molar-refractivity contribution in [1.29, 1.82) is 0 Å². The van der Waals surface area contributed by atoms with E-state index in [-0.39, 0.29) is 12.6 Å². The van der Waals surface area contributed by atoms with Gasteiger partial charge in [0.05, 0.1) is 12.3 Å². The van der Waals surface area contributed by atoms with Crippen LogP contribution in [0.2, 0.25) is 0 Å². The van der Waals surface area contributed by atoms with Crippen molar-refractivity contribution in [1.82, 2.24) is 4.72 Å². The van der Waals surface area contributed by atoms with E-state index < -0.39 is 10.2 Å². The molecule has 0 amide bonds. The molecule has 0 heterocycles. The highest BCUT2D eigenvalue weighted by Gasteiger charge is 2.26. The second-order valence-corrected chi connectivity index (χ2v) is 6.31. The van der Waals surface area contributed by atoms with Gasteiger partial charge in [-0.15, -0.1) is 0 Å². The van der Waals surface area contributed by atoms with Gasteiger partial charge in [-0.1, -0.05) is 11.8 Å². The first-order valence-corrected chi connectivity index (χ1v) is 7.98. The number of aliphatic hydroxyl groups is 1. The summed E-state index contributed by atoms with van der Waals surface area (Å²) in [7, 11) is -3.52. The zero-order valence-corrected chi connectivity index (χ0v) is 12.1. The van der Waals surface area contributed by atoms with Gasteiger partial charge >= 0.3 is 0 Å². The highest BCUT2D eigenvalue weighted by Crippen LogP contribution is 2.21. The van der Waals surface area contributed by atoms with Gasteiger partial charge in [0.1, 0.15) is 0 Å². The van der Waals surface area contributed by atoms with Crippen molar-refractivity contribution in [3.63, 3.8) is 0 Å². The van der Waals surface area contributed by atoms with E-state index in [4.69, 9.17) is 5.11 Å². The number of rotatable bonds is 5. The van der Waals surface area contributed by atoms with Gasteiger partial charge in [0.2, 0.25) is 0 Å². The predicted octanol–water partition coefficient (Wildman–Crippen LogP) is 1.14. The molecule has 0 aliphatic heterocycles. The van der Waals surface area contributed by atoms with Crippen LogP contribution in [-0.4, -0.2) is 26.2 Å². The highest BCUT2D eigenvalue weighted by molar-refractivity contribution is 7.90. The Labute approximate surface area is 119 Å². The SMILES string of the molecule is Cc1cc(C#CCCO)cc(NS(=O)(=O)NC2CC2)c1. The van der Waals surface area contributed by atoms with E-state index in [0.717, 1.165) is 24.0 Å². The first-order valence-electron chi connectivity index (χ1n) is 6.50. The van der Waals surface area contributed by atoms with Crippen LogP contribution >= 0.6 is 0 Å². The lowest BCUT2D eigenvalue weighted by molar-refractivity contribution is 0.305. The summed E-state index contributed by atoms with van der Waals surface area (Å²) in [6.07, 6.45) is 2.19. The topological polar surface area (TPSA) is 78.4 Å². The van der Waals surface area contributed by atoms with Crippen molar-refractivity contribution in [2.24, 2.45) is 0 Å². The first kappa shape index (κ1) is 14.9. The van der Waals surface area contributed by atoms with Crippen molar-refractivity contribution in [2.75, 3.05) is 11.3 Å². The number of nitrogens with one attached hydrogen (secondary N) is 2. The molecule has 1 aliphatic carbocycles. The maximum absolute atomic E-state index is 11.8. The van der Waals surface area contributed by atoms with Gasteiger partial charge in [-0.25, -0.2) is 0 Å². The number of anilines is 1. The summed E-state index contributed by atoms with van der Waals surface area (Å²) in [5, 5.41) is 8.69. The van der Waals surface area contributed by atoms with Crippen LogP contribution in [0.5, 0.6) is 0 Å². The third-order valence-corrected chi connectivity index (χ3v) is 3.85. The molecular formula is C14H18N2O3S. The summed E-state index contributed by atoms with van der Waals surface area (Å²) in [4.78, 5) is 0. The molecule has 0 radical (unpaired) electrons. The Morgan fingerprint density at radius 1 is 1.35 bits per heavy atom. The maximum Gasteiger partial charge on any atom is 0.299 e. The molecule has 1 fully saturated rings. The van der Waals surface area contributed by atoms with E-state index in [1.54, 1.807) is 12.1 Å². The molecule has 3 N–H and O–H groups in total. The lowest BCUT2D eigenvalue weighted by Gasteiger charge is -2.09. The molecule has 0 saturated heterocycles. The largest absolute Gasteiger partial charge is 0.395 e. The smallest absolute Gasteiger partial charge is 0.299 e. The van der Waals surface area contributed by atoms with Crippen LogP contribution < -0.4 is 9.44 Å².